The molecular weight excluding hydrogens is 586 g/mol. The molecule has 0 spiro atoms. The molecule has 0 atom stereocenters. The largest absolute Gasteiger partial charge is 0.339 e. The van der Waals surface area contributed by atoms with Gasteiger partial charge in [-0.2, -0.15) is 0 Å². The van der Waals surface area contributed by atoms with Crippen LogP contribution in [0.3, 0.4) is 0 Å². The highest BCUT2D eigenvalue weighted by Gasteiger charge is 2.23. The molecule has 5 aromatic heterocycles. The van der Waals surface area contributed by atoms with Gasteiger partial charge in [0.15, 0.2) is 0 Å². The van der Waals surface area contributed by atoms with Crippen molar-refractivity contribution in [2.75, 3.05) is 0 Å². The topological polar surface area (TPSA) is 4.93 Å². The number of halogens is 1. The lowest BCUT2D eigenvalue weighted by Crippen LogP contribution is -1.97. The molecule has 0 N–H and O–H groups in total. The van der Waals surface area contributed by atoms with Crippen LogP contribution >= 0.6 is 56.9 Å². The van der Waals surface area contributed by atoms with Crippen LogP contribution in [0.5, 0.6) is 0 Å². The number of thiophene rings is 4. The lowest BCUT2D eigenvalue weighted by atomic mass is 10.00. The van der Waals surface area contributed by atoms with E-state index >= 15 is 0 Å². The third-order valence-electron chi connectivity index (χ3n) is 8.06. The smallest absolute Gasteiger partial charge is 0.0969 e. The van der Waals surface area contributed by atoms with Crippen LogP contribution in [0.15, 0.2) is 29.6 Å². The molecule has 0 unspecified atom stereocenters. The van der Waals surface area contributed by atoms with Gasteiger partial charge in [-0.1, -0.05) is 96.2 Å². The van der Waals surface area contributed by atoms with Gasteiger partial charge in [0.25, 0.3) is 0 Å². The first-order valence-electron chi connectivity index (χ1n) is 15.6. The van der Waals surface area contributed by atoms with Gasteiger partial charge >= 0.3 is 0 Å². The van der Waals surface area contributed by atoms with E-state index in [1.165, 1.54) is 128 Å². The molecule has 0 saturated heterocycles. The number of unbranched alkanes of at least 4 members (excludes halogenated alkanes) is 9. The van der Waals surface area contributed by atoms with Gasteiger partial charge in [-0.25, -0.2) is 0 Å². The summed E-state index contributed by atoms with van der Waals surface area (Å²) >= 11 is 14.6. The second-order valence-corrected chi connectivity index (χ2v) is 15.8. The van der Waals surface area contributed by atoms with Crippen molar-refractivity contribution in [3.8, 4) is 19.5 Å². The third kappa shape index (κ3) is 6.75. The van der Waals surface area contributed by atoms with Crippen molar-refractivity contribution < 1.29 is 0 Å². The van der Waals surface area contributed by atoms with E-state index < -0.39 is 0 Å². The van der Waals surface area contributed by atoms with Gasteiger partial charge in [0.1, 0.15) is 0 Å². The molecule has 0 aromatic carbocycles. The molecule has 0 bridgehead atoms. The molecule has 0 saturated carbocycles. The zero-order valence-electron chi connectivity index (χ0n) is 24.5. The highest BCUT2D eigenvalue weighted by molar-refractivity contribution is 7.32. The SMILES string of the molecule is CCCCCCCCCCn1c2cc(-c3cccs3)sc2c2sc(-c3sc(Cl)c(CCCC)c3CCCC)cc21. The minimum atomic E-state index is 1.02. The van der Waals surface area contributed by atoms with Gasteiger partial charge in [0.2, 0.25) is 0 Å². The maximum Gasteiger partial charge on any atom is 0.0969 e. The average Bonchev–Trinajstić information content (AvgIpc) is 3.77. The zero-order valence-corrected chi connectivity index (χ0v) is 28.5. The average molecular weight is 630 g/mol. The standard InChI is InChI=1S/C34H44ClNS4/c1-4-7-10-11-12-13-14-15-20-36-26-22-29(28-19-16-21-37-28)38-32(26)33-27(36)23-30(39-33)31-24(17-8-5-2)25(18-9-6-3)34(35)40-31/h16,19,21-23H,4-15,17-18,20H2,1-3H3. The maximum atomic E-state index is 6.93. The van der Waals surface area contributed by atoms with Gasteiger partial charge in [-0.15, -0.1) is 45.3 Å². The van der Waals surface area contributed by atoms with E-state index in [2.05, 4.69) is 55.0 Å². The fraction of sp³-hybridized carbons (Fsp3) is 0.529. The Balaban J connectivity index is 1.48. The lowest BCUT2D eigenvalue weighted by molar-refractivity contribution is 0.553. The highest BCUT2D eigenvalue weighted by Crippen LogP contribution is 2.49. The van der Waals surface area contributed by atoms with Gasteiger partial charge < -0.3 is 4.57 Å². The summed E-state index contributed by atoms with van der Waals surface area (Å²) in [5.41, 5.74) is 5.83. The van der Waals surface area contributed by atoms with Crippen LogP contribution in [0.2, 0.25) is 4.34 Å². The van der Waals surface area contributed by atoms with Crippen molar-refractivity contribution in [1.82, 2.24) is 4.57 Å². The first kappa shape index (κ1) is 30.4. The van der Waals surface area contributed by atoms with Crippen LogP contribution in [0.4, 0.5) is 0 Å². The Morgan fingerprint density at radius 1 is 0.650 bits per heavy atom. The third-order valence-corrected chi connectivity index (χ3v) is 13.2. The quantitative estimate of drug-likeness (QED) is 0.0901. The number of hydrogen-bond acceptors (Lipinski definition) is 4. The van der Waals surface area contributed by atoms with E-state index in [1.807, 2.05) is 45.3 Å². The van der Waals surface area contributed by atoms with Crippen LogP contribution in [-0.2, 0) is 19.4 Å². The summed E-state index contributed by atoms with van der Waals surface area (Å²) in [5.74, 6) is 0. The van der Waals surface area contributed by atoms with Crippen molar-refractivity contribution in [2.45, 2.75) is 117 Å². The zero-order chi connectivity index (χ0) is 27.9. The Morgan fingerprint density at radius 2 is 1.25 bits per heavy atom. The molecule has 6 heteroatoms. The lowest BCUT2D eigenvalue weighted by Gasteiger charge is -2.07. The molecule has 5 aromatic rings. The van der Waals surface area contributed by atoms with Crippen LogP contribution in [-0.4, -0.2) is 4.57 Å². The Morgan fingerprint density at radius 3 is 1.90 bits per heavy atom. The van der Waals surface area contributed by atoms with Crippen molar-refractivity contribution in [2.24, 2.45) is 0 Å². The van der Waals surface area contributed by atoms with Gasteiger partial charge in [-0.3, -0.25) is 0 Å². The number of rotatable bonds is 17. The van der Waals surface area contributed by atoms with Gasteiger partial charge in [0.05, 0.1) is 24.8 Å². The fourth-order valence-corrected chi connectivity index (χ4v) is 10.8. The number of fused-ring (bicyclic) bond motifs is 3. The minimum Gasteiger partial charge on any atom is -0.339 e. The second-order valence-electron chi connectivity index (χ2n) is 11.1. The Labute approximate surface area is 262 Å². The Hall–Kier alpha value is -1.11. The Bertz CT molecular complexity index is 1480. The number of nitrogens with zero attached hydrogens (tertiary/aromatic N) is 1. The van der Waals surface area contributed by atoms with Crippen molar-refractivity contribution in [3.05, 3.63) is 45.1 Å². The van der Waals surface area contributed by atoms with E-state index in [0.717, 1.165) is 23.7 Å². The highest BCUT2D eigenvalue weighted by atomic mass is 35.5. The van der Waals surface area contributed by atoms with Crippen molar-refractivity contribution >= 4 is 77.4 Å². The van der Waals surface area contributed by atoms with Crippen LogP contribution < -0.4 is 0 Å². The van der Waals surface area contributed by atoms with E-state index in [-0.39, 0.29) is 0 Å². The summed E-state index contributed by atoms with van der Waals surface area (Å²) in [5, 5.41) is 2.20. The predicted molar refractivity (Wildman–Crippen MR) is 187 cm³/mol. The van der Waals surface area contributed by atoms with Crippen LogP contribution in [0, 0.1) is 0 Å². The molecule has 40 heavy (non-hydrogen) atoms. The molecule has 0 radical (unpaired) electrons. The predicted octanol–water partition coefficient (Wildman–Crippen LogP) is 13.9. The molecule has 0 aliphatic carbocycles. The normalized spacial score (nSPS) is 12.0. The monoisotopic (exact) mass is 629 g/mol. The molecule has 1 nitrogen and oxygen atoms in total. The fourth-order valence-electron chi connectivity index (χ4n) is 5.80. The van der Waals surface area contributed by atoms with Gasteiger partial charge in [-0.05, 0) is 66.8 Å². The molecule has 5 heterocycles. The summed E-state index contributed by atoms with van der Waals surface area (Å²) in [6.07, 6.45) is 18.0. The molecule has 216 valence electrons. The summed E-state index contributed by atoms with van der Waals surface area (Å²) in [6.45, 7) is 7.99. The van der Waals surface area contributed by atoms with Crippen molar-refractivity contribution in [3.63, 3.8) is 0 Å². The molecule has 0 fully saturated rings. The second kappa shape index (κ2) is 14.9. The van der Waals surface area contributed by atoms with Crippen molar-refractivity contribution in [1.29, 1.82) is 0 Å². The Kier molecular flexibility index (Phi) is 11.3. The maximum absolute atomic E-state index is 6.93. The summed E-state index contributed by atoms with van der Waals surface area (Å²) in [4.78, 5) is 5.65. The van der Waals surface area contributed by atoms with E-state index in [0.29, 0.717) is 0 Å². The summed E-state index contributed by atoms with van der Waals surface area (Å²) < 4.78 is 6.61. The van der Waals surface area contributed by atoms with Crippen LogP contribution in [0.25, 0.3) is 39.9 Å². The first-order chi connectivity index (χ1) is 19.7. The molecular formula is C34H44ClNS4. The number of aryl methyl sites for hydroxylation is 1. The number of hydrogen-bond donors (Lipinski definition) is 0. The van der Waals surface area contributed by atoms with Crippen LogP contribution in [0.1, 0.15) is 109 Å². The van der Waals surface area contributed by atoms with Gasteiger partial charge in [0, 0.05) is 26.1 Å². The molecule has 0 aliphatic heterocycles. The number of aromatic nitrogens is 1. The van der Waals surface area contributed by atoms with E-state index in [9.17, 15) is 0 Å². The molecule has 0 amide bonds. The van der Waals surface area contributed by atoms with E-state index in [1.54, 1.807) is 0 Å². The molecule has 5 rings (SSSR count). The minimum absolute atomic E-state index is 1.02. The molecule has 0 aliphatic rings. The first-order valence-corrected chi connectivity index (χ1v) is 19.3. The summed E-state index contributed by atoms with van der Waals surface area (Å²) in [6, 6.07) is 9.40. The van der Waals surface area contributed by atoms with E-state index in [4.69, 9.17) is 11.6 Å². The summed E-state index contributed by atoms with van der Waals surface area (Å²) in [7, 11) is 0.